The Morgan fingerprint density at radius 1 is 0.883 bits per heavy atom. The fourth-order valence-electron chi connectivity index (χ4n) is 7.91. The van der Waals surface area contributed by atoms with E-state index in [9.17, 15) is 24.0 Å². The average Bonchev–Trinajstić information content (AvgIpc) is 3.81. The number of carbonyl (C=O) groups excluding carboxylic acids is 5. The zero-order chi connectivity index (χ0) is 44.0. The van der Waals surface area contributed by atoms with Gasteiger partial charge in [-0.25, -0.2) is 29.1 Å². The fourth-order valence-corrected chi connectivity index (χ4v) is 7.91. The van der Waals surface area contributed by atoms with Crippen molar-refractivity contribution in [2.75, 3.05) is 20.1 Å². The molecule has 2 aromatic rings. The molecule has 4 aliphatic rings. The number of fused-ring (bicyclic) bond motifs is 8. The number of alkyl carbamates (subject to hydrolysis) is 1. The van der Waals surface area contributed by atoms with Gasteiger partial charge in [-0.3, -0.25) is 4.79 Å². The summed E-state index contributed by atoms with van der Waals surface area (Å²) in [7, 11) is 1.67. The van der Waals surface area contributed by atoms with Gasteiger partial charge in [0.15, 0.2) is 0 Å². The van der Waals surface area contributed by atoms with Crippen molar-refractivity contribution in [3.8, 4) is 0 Å². The van der Waals surface area contributed by atoms with E-state index in [2.05, 4.69) is 22.2 Å². The van der Waals surface area contributed by atoms with Crippen molar-refractivity contribution < 1.29 is 38.2 Å². The number of nitrogens with zero attached hydrogens (tertiary/aromatic N) is 3. The highest BCUT2D eigenvalue weighted by Crippen LogP contribution is 2.44. The zero-order valence-electron chi connectivity index (χ0n) is 36.7. The van der Waals surface area contributed by atoms with Gasteiger partial charge in [0.2, 0.25) is 5.91 Å². The molecule has 6 rings (SSSR count). The van der Waals surface area contributed by atoms with Crippen LogP contribution in [0.5, 0.6) is 0 Å². The quantitative estimate of drug-likeness (QED) is 0.0959. The normalized spacial score (nSPS) is 17.2. The van der Waals surface area contributed by atoms with Crippen LogP contribution in [-0.4, -0.2) is 86.1 Å². The molecule has 0 spiro atoms. The lowest BCUT2D eigenvalue weighted by Gasteiger charge is -2.23. The monoisotopic (exact) mass is 820 g/mol. The first-order valence-corrected chi connectivity index (χ1v) is 20.4. The van der Waals surface area contributed by atoms with Crippen molar-refractivity contribution in [3.05, 3.63) is 81.2 Å². The smallest absolute Gasteiger partial charge is 0.407 e. The summed E-state index contributed by atoms with van der Waals surface area (Å²) in [6.07, 6.45) is 3.72. The van der Waals surface area contributed by atoms with Gasteiger partial charge in [-0.15, -0.1) is 0 Å². The molecular formula is C46H56N6O8. The number of ether oxygens (including phenoxy) is 3. The van der Waals surface area contributed by atoms with Gasteiger partial charge in [0.25, 0.3) is 0 Å². The van der Waals surface area contributed by atoms with Crippen LogP contribution < -0.4 is 5.32 Å². The van der Waals surface area contributed by atoms with Gasteiger partial charge in [0, 0.05) is 66.9 Å². The third-order valence-corrected chi connectivity index (χ3v) is 11.0. The molecule has 0 saturated carbocycles. The number of likely N-dealkylation sites (N-methyl/N-ethyl adjacent to an activating group) is 1. The number of H-pyrrole nitrogens is 2. The predicted molar refractivity (Wildman–Crippen MR) is 229 cm³/mol. The Bertz CT molecular complexity index is 2470. The lowest BCUT2D eigenvalue weighted by Crippen LogP contribution is -2.38. The highest BCUT2D eigenvalue weighted by molar-refractivity contribution is 6.18. The van der Waals surface area contributed by atoms with E-state index in [4.69, 9.17) is 24.2 Å². The predicted octanol–water partition coefficient (Wildman–Crippen LogP) is 8.48. The van der Waals surface area contributed by atoms with Crippen LogP contribution in [0, 0.1) is 6.92 Å². The van der Waals surface area contributed by atoms with Crippen LogP contribution in [0.3, 0.4) is 0 Å². The molecule has 2 amide bonds. The third kappa shape index (κ3) is 9.07. The molecule has 0 radical (unpaired) electrons. The number of rotatable bonds is 9. The Kier molecular flexibility index (Phi) is 12.0. The van der Waals surface area contributed by atoms with E-state index in [1.807, 2.05) is 66.7 Å². The minimum atomic E-state index is -0.799. The molecule has 0 unspecified atom stereocenters. The number of aryl methyl sites for hydroxylation is 1. The van der Waals surface area contributed by atoms with Crippen LogP contribution in [0.2, 0.25) is 0 Å². The van der Waals surface area contributed by atoms with Gasteiger partial charge < -0.3 is 34.4 Å². The molecule has 14 nitrogen and oxygen atoms in total. The lowest BCUT2D eigenvalue weighted by molar-refractivity contribution is -0.148. The lowest BCUT2D eigenvalue weighted by atomic mass is 9.85. The van der Waals surface area contributed by atoms with Gasteiger partial charge in [-0.05, 0) is 122 Å². The molecule has 6 heterocycles. The molecule has 14 heteroatoms. The van der Waals surface area contributed by atoms with Gasteiger partial charge in [0.05, 0.1) is 33.9 Å². The molecule has 8 bridgehead atoms. The molecule has 2 aromatic heterocycles. The topological polar surface area (TPSA) is 186 Å². The second kappa shape index (κ2) is 16.5. The highest BCUT2D eigenvalue weighted by atomic mass is 16.6. The van der Waals surface area contributed by atoms with Crippen LogP contribution in [0.25, 0.3) is 33.3 Å². The van der Waals surface area contributed by atoms with Crippen LogP contribution in [-0.2, 0) is 23.8 Å². The van der Waals surface area contributed by atoms with Crippen molar-refractivity contribution in [2.45, 2.75) is 118 Å². The van der Waals surface area contributed by atoms with Crippen LogP contribution in [0.15, 0.2) is 30.4 Å². The van der Waals surface area contributed by atoms with Crippen LogP contribution in [0.1, 0.15) is 161 Å². The molecule has 0 aromatic carbocycles. The summed E-state index contributed by atoms with van der Waals surface area (Å²) in [6.45, 7) is 21.1. The molecule has 3 N–H and O–H groups in total. The number of aromatic nitrogens is 4. The number of carbonyl (C=O) groups is 5. The fraction of sp³-hybridized carbons (Fsp3) is 0.457. The molecule has 60 heavy (non-hydrogen) atoms. The first kappa shape index (κ1) is 43.5. The van der Waals surface area contributed by atoms with Gasteiger partial charge >= 0.3 is 24.0 Å². The maximum Gasteiger partial charge on any atom is 0.407 e. The molecule has 318 valence electrons. The number of esters is 3. The summed E-state index contributed by atoms with van der Waals surface area (Å²) < 4.78 is 16.3. The van der Waals surface area contributed by atoms with E-state index in [-0.39, 0.29) is 48.4 Å². The number of hydrogen-bond donors (Lipinski definition) is 3. The van der Waals surface area contributed by atoms with Crippen molar-refractivity contribution >= 4 is 63.2 Å². The minimum absolute atomic E-state index is 0.129. The Labute approximate surface area is 350 Å². The SMILES string of the molecule is CCC1=C(C)c2cc3nc(cc4[nH]c(c5c6[nH]c(cc1n2)c(C)c6C(=O)OC5=O)[C@@H](CCC(=O)N(C)CCNC(=O)OC(C)(C)C)[C@@H]4C)C(C)=C3/C=C/C(=O)OC(C)(C)C. The Hall–Kier alpha value is -6.05. The molecule has 0 fully saturated rings. The van der Waals surface area contributed by atoms with E-state index in [0.717, 1.165) is 28.0 Å². The Balaban J connectivity index is 1.50. The number of allylic oxidation sites excluding steroid dienone is 5. The third-order valence-electron chi connectivity index (χ3n) is 11.0. The first-order chi connectivity index (χ1) is 28.1. The van der Waals surface area contributed by atoms with E-state index in [1.165, 1.54) is 6.08 Å². The maximum absolute atomic E-state index is 13.9. The zero-order valence-corrected chi connectivity index (χ0v) is 36.7. The van der Waals surface area contributed by atoms with Crippen molar-refractivity contribution in [1.29, 1.82) is 0 Å². The van der Waals surface area contributed by atoms with Crippen LogP contribution >= 0.6 is 0 Å². The Morgan fingerprint density at radius 2 is 1.53 bits per heavy atom. The number of aromatic amines is 2. The largest absolute Gasteiger partial charge is 0.457 e. The van der Waals surface area contributed by atoms with Crippen LogP contribution in [0.4, 0.5) is 4.79 Å². The molecule has 0 aliphatic carbocycles. The van der Waals surface area contributed by atoms with E-state index < -0.39 is 35.2 Å². The van der Waals surface area contributed by atoms with Crippen molar-refractivity contribution in [2.24, 2.45) is 0 Å². The second-order valence-electron chi connectivity index (χ2n) is 17.7. The van der Waals surface area contributed by atoms with E-state index in [0.29, 0.717) is 57.9 Å². The number of nitrogens with one attached hydrogen (secondary N) is 3. The van der Waals surface area contributed by atoms with Crippen molar-refractivity contribution in [1.82, 2.24) is 30.2 Å². The summed E-state index contributed by atoms with van der Waals surface area (Å²) in [6, 6.07) is 5.74. The number of hydrogen-bond acceptors (Lipinski definition) is 10. The Morgan fingerprint density at radius 3 is 2.20 bits per heavy atom. The number of cyclic esters (lactones) is 2. The van der Waals surface area contributed by atoms with Crippen molar-refractivity contribution in [3.63, 3.8) is 0 Å². The van der Waals surface area contributed by atoms with Gasteiger partial charge in [-0.2, -0.15) is 0 Å². The average molecular weight is 821 g/mol. The summed E-state index contributed by atoms with van der Waals surface area (Å²) in [5, 5.41) is 2.69. The first-order valence-electron chi connectivity index (χ1n) is 20.4. The van der Waals surface area contributed by atoms with Gasteiger partial charge in [-0.1, -0.05) is 13.8 Å². The summed E-state index contributed by atoms with van der Waals surface area (Å²) in [4.78, 5) is 84.5. The molecule has 0 saturated heterocycles. The van der Waals surface area contributed by atoms with E-state index in [1.54, 1.807) is 38.8 Å². The second-order valence-corrected chi connectivity index (χ2v) is 17.7. The molecular weight excluding hydrogens is 765 g/mol. The standard InChI is InChI=1S/C46H56N6O8/c1-13-27-23(2)31-21-35-28(15-17-37(54)59-45(6,7)8)24(3)30(49-35)20-32-25(4)29(14-16-36(53)52(12)19-18-47-44(57)60-46(9,10)11)40(50-32)39-41-38(42(55)58-43(39)56)26(5)33(51-41)22-34(27)48-31/h15,17,20-22,25,29,50-51H,13-14,16,18-19H2,1-12H3,(H,47,57)/b17-15+,32-20?,34-22?,35-21?,40-39?/t25-,29-/m0/s1. The van der Waals surface area contributed by atoms with Gasteiger partial charge in [0.1, 0.15) is 16.8 Å². The molecule has 4 aliphatic heterocycles. The minimum Gasteiger partial charge on any atom is -0.457 e. The summed E-state index contributed by atoms with van der Waals surface area (Å²) in [5.41, 5.74) is 8.14. The number of amides is 2. The van der Waals surface area contributed by atoms with E-state index >= 15 is 0 Å². The maximum atomic E-state index is 13.9. The molecule has 2 atom stereocenters. The summed E-state index contributed by atoms with van der Waals surface area (Å²) in [5.74, 6) is -2.81. The highest BCUT2D eigenvalue weighted by Gasteiger charge is 2.38. The summed E-state index contributed by atoms with van der Waals surface area (Å²) >= 11 is 0.